The molecule has 72 valence electrons. The second kappa shape index (κ2) is 5.61. The second-order valence-corrected chi connectivity index (χ2v) is 4.15. The maximum Gasteiger partial charge on any atom is -0.00585 e. The molecule has 0 aliphatic rings. The third kappa shape index (κ3) is 3.65. The maximum absolute atomic E-state index is 4.30. The fourth-order valence-electron chi connectivity index (χ4n) is 1.24. The van der Waals surface area contributed by atoms with Crippen LogP contribution in [0.5, 0.6) is 0 Å². The van der Waals surface area contributed by atoms with E-state index in [2.05, 4.69) is 56.4 Å². The largest absolute Gasteiger partial charge is 0.179 e. The first-order valence-electron chi connectivity index (χ1n) is 4.53. The van der Waals surface area contributed by atoms with Crippen molar-refractivity contribution in [2.45, 2.75) is 13.3 Å². The average Bonchev–Trinajstić information content (AvgIpc) is 2.17. The van der Waals surface area contributed by atoms with Crippen molar-refractivity contribution in [2.75, 3.05) is 11.5 Å². The molecular formula is C11H16S2. The summed E-state index contributed by atoms with van der Waals surface area (Å²) in [4.78, 5) is 0. The van der Waals surface area contributed by atoms with Gasteiger partial charge in [0.05, 0.1) is 0 Å². The van der Waals surface area contributed by atoms with Crippen molar-refractivity contribution in [1.29, 1.82) is 0 Å². The third-order valence-corrected chi connectivity index (χ3v) is 3.19. The molecule has 0 bridgehead atoms. The molecule has 0 nitrogen and oxygen atoms in total. The first kappa shape index (κ1) is 11.0. The molecule has 1 aromatic rings. The van der Waals surface area contributed by atoms with Crippen molar-refractivity contribution >= 4 is 25.3 Å². The smallest absolute Gasteiger partial charge is 0.00585 e. The number of thiol groups is 2. The van der Waals surface area contributed by atoms with Crippen molar-refractivity contribution in [3.63, 3.8) is 0 Å². The van der Waals surface area contributed by atoms with E-state index in [1.165, 1.54) is 11.1 Å². The maximum atomic E-state index is 4.30. The topological polar surface area (TPSA) is 0 Å². The quantitative estimate of drug-likeness (QED) is 0.704. The standard InChI is InChI=1S/C11H16S2/c1-9-2-4-10(5-3-9)6-11(7-12)8-13/h2-5,11-13H,6-8H2,1H3. The van der Waals surface area contributed by atoms with Gasteiger partial charge in [0, 0.05) is 0 Å². The van der Waals surface area contributed by atoms with Gasteiger partial charge in [-0.1, -0.05) is 29.8 Å². The number of hydrogen-bond donors (Lipinski definition) is 2. The Morgan fingerprint density at radius 2 is 1.62 bits per heavy atom. The Morgan fingerprint density at radius 3 is 2.08 bits per heavy atom. The lowest BCUT2D eigenvalue weighted by Crippen LogP contribution is -2.07. The lowest BCUT2D eigenvalue weighted by molar-refractivity contribution is 0.674. The normalized spacial score (nSPS) is 10.8. The Hall–Kier alpha value is -0.0800. The van der Waals surface area contributed by atoms with Crippen LogP contribution in [0.2, 0.25) is 0 Å². The minimum absolute atomic E-state index is 0.592. The highest BCUT2D eigenvalue weighted by molar-refractivity contribution is 7.81. The monoisotopic (exact) mass is 212 g/mol. The van der Waals surface area contributed by atoms with Crippen molar-refractivity contribution in [1.82, 2.24) is 0 Å². The fourth-order valence-corrected chi connectivity index (χ4v) is 1.96. The van der Waals surface area contributed by atoms with E-state index in [0.29, 0.717) is 5.92 Å². The summed E-state index contributed by atoms with van der Waals surface area (Å²) in [5.41, 5.74) is 2.70. The number of benzene rings is 1. The minimum Gasteiger partial charge on any atom is -0.179 e. The Morgan fingerprint density at radius 1 is 1.08 bits per heavy atom. The van der Waals surface area contributed by atoms with Gasteiger partial charge in [-0.15, -0.1) is 0 Å². The van der Waals surface area contributed by atoms with Gasteiger partial charge in [-0.2, -0.15) is 25.3 Å². The molecule has 0 unspecified atom stereocenters. The van der Waals surface area contributed by atoms with Gasteiger partial charge in [0.2, 0.25) is 0 Å². The molecule has 0 spiro atoms. The van der Waals surface area contributed by atoms with E-state index < -0.39 is 0 Å². The zero-order chi connectivity index (χ0) is 9.68. The molecule has 1 rings (SSSR count). The van der Waals surface area contributed by atoms with Crippen molar-refractivity contribution in [3.8, 4) is 0 Å². The van der Waals surface area contributed by atoms with Crippen LogP contribution in [0.1, 0.15) is 11.1 Å². The predicted octanol–water partition coefficient (Wildman–Crippen LogP) is 3.01. The molecule has 0 amide bonds. The van der Waals surface area contributed by atoms with Crippen molar-refractivity contribution in [2.24, 2.45) is 5.92 Å². The molecule has 1 aromatic carbocycles. The average molecular weight is 212 g/mol. The first-order chi connectivity index (χ1) is 6.26. The molecule has 0 heterocycles. The lowest BCUT2D eigenvalue weighted by Gasteiger charge is -2.10. The van der Waals surface area contributed by atoms with Crippen LogP contribution in [-0.4, -0.2) is 11.5 Å². The van der Waals surface area contributed by atoms with Crippen LogP contribution in [0.4, 0.5) is 0 Å². The molecule has 0 saturated heterocycles. The molecular weight excluding hydrogens is 196 g/mol. The van der Waals surface area contributed by atoms with E-state index in [1.54, 1.807) is 0 Å². The number of hydrogen-bond acceptors (Lipinski definition) is 2. The molecule has 0 atom stereocenters. The van der Waals surface area contributed by atoms with Gasteiger partial charge >= 0.3 is 0 Å². The second-order valence-electron chi connectivity index (χ2n) is 3.42. The SMILES string of the molecule is Cc1ccc(CC(CS)CS)cc1. The molecule has 2 heteroatoms. The van der Waals surface area contributed by atoms with E-state index >= 15 is 0 Å². The summed E-state index contributed by atoms with van der Waals surface area (Å²) in [5, 5.41) is 0. The summed E-state index contributed by atoms with van der Waals surface area (Å²) in [6.45, 7) is 2.11. The summed E-state index contributed by atoms with van der Waals surface area (Å²) < 4.78 is 0. The molecule has 0 N–H and O–H groups in total. The summed E-state index contributed by atoms with van der Waals surface area (Å²) in [6, 6.07) is 8.69. The van der Waals surface area contributed by atoms with E-state index in [0.717, 1.165) is 17.9 Å². The molecule has 0 saturated carbocycles. The highest BCUT2D eigenvalue weighted by atomic mass is 32.1. The van der Waals surface area contributed by atoms with Crippen LogP contribution in [0, 0.1) is 12.8 Å². The van der Waals surface area contributed by atoms with Gasteiger partial charge in [-0.05, 0) is 36.3 Å². The third-order valence-electron chi connectivity index (χ3n) is 2.16. The van der Waals surface area contributed by atoms with Gasteiger partial charge in [-0.25, -0.2) is 0 Å². The zero-order valence-electron chi connectivity index (χ0n) is 7.90. The Labute approximate surface area is 91.6 Å². The molecule has 0 aromatic heterocycles. The van der Waals surface area contributed by atoms with E-state index in [-0.39, 0.29) is 0 Å². The van der Waals surface area contributed by atoms with E-state index in [4.69, 9.17) is 0 Å². The van der Waals surface area contributed by atoms with Crippen LogP contribution in [0.25, 0.3) is 0 Å². The molecule has 0 fully saturated rings. The highest BCUT2D eigenvalue weighted by Gasteiger charge is 2.04. The lowest BCUT2D eigenvalue weighted by atomic mass is 10.0. The fraction of sp³-hybridized carbons (Fsp3) is 0.455. The molecule has 13 heavy (non-hydrogen) atoms. The summed E-state index contributed by atoms with van der Waals surface area (Å²) in [7, 11) is 0. The Balaban J connectivity index is 2.58. The number of rotatable bonds is 4. The minimum atomic E-state index is 0.592. The van der Waals surface area contributed by atoms with Gasteiger partial charge in [0.25, 0.3) is 0 Å². The van der Waals surface area contributed by atoms with Crippen molar-refractivity contribution in [3.05, 3.63) is 35.4 Å². The van der Waals surface area contributed by atoms with Crippen LogP contribution < -0.4 is 0 Å². The highest BCUT2D eigenvalue weighted by Crippen LogP contribution is 2.12. The Kier molecular flexibility index (Phi) is 4.74. The van der Waals surface area contributed by atoms with Gasteiger partial charge < -0.3 is 0 Å². The summed E-state index contributed by atoms with van der Waals surface area (Å²) >= 11 is 8.59. The predicted molar refractivity (Wildman–Crippen MR) is 66.1 cm³/mol. The van der Waals surface area contributed by atoms with Crippen LogP contribution in [-0.2, 0) is 6.42 Å². The van der Waals surface area contributed by atoms with Crippen LogP contribution >= 0.6 is 25.3 Å². The van der Waals surface area contributed by atoms with E-state index in [9.17, 15) is 0 Å². The van der Waals surface area contributed by atoms with Crippen LogP contribution in [0.15, 0.2) is 24.3 Å². The van der Waals surface area contributed by atoms with Crippen molar-refractivity contribution < 1.29 is 0 Å². The Bertz CT molecular complexity index is 237. The zero-order valence-corrected chi connectivity index (χ0v) is 9.69. The summed E-state index contributed by atoms with van der Waals surface area (Å²) in [5.74, 6) is 2.42. The summed E-state index contributed by atoms with van der Waals surface area (Å²) in [6.07, 6.45) is 1.09. The molecule has 0 aliphatic heterocycles. The van der Waals surface area contributed by atoms with Gasteiger partial charge in [0.15, 0.2) is 0 Å². The first-order valence-corrected chi connectivity index (χ1v) is 5.80. The molecule has 0 aliphatic carbocycles. The molecule has 0 radical (unpaired) electrons. The van der Waals surface area contributed by atoms with E-state index in [1.807, 2.05) is 0 Å². The van der Waals surface area contributed by atoms with Crippen LogP contribution in [0.3, 0.4) is 0 Å². The van der Waals surface area contributed by atoms with Gasteiger partial charge in [0.1, 0.15) is 0 Å². The van der Waals surface area contributed by atoms with Gasteiger partial charge in [-0.3, -0.25) is 0 Å². The number of aryl methyl sites for hydroxylation is 1.